The Bertz CT molecular complexity index is 508. The topological polar surface area (TPSA) is 51.0 Å². The average molecular weight is 253 g/mol. The molecule has 0 radical (unpaired) electrons. The first-order valence-corrected chi connectivity index (χ1v) is 5.59. The van der Waals surface area contributed by atoms with Crippen LogP contribution >= 0.6 is 0 Å². The van der Waals surface area contributed by atoms with Crippen molar-refractivity contribution in [2.75, 3.05) is 6.54 Å². The van der Waals surface area contributed by atoms with Gasteiger partial charge in [-0.2, -0.15) is 0 Å². The Kier molecular flexibility index (Phi) is 3.99. The number of hydrogen-bond acceptors (Lipinski definition) is 4. The largest absolute Gasteiger partial charge is 0.311 e. The van der Waals surface area contributed by atoms with E-state index in [2.05, 4.69) is 20.3 Å². The predicted octanol–water partition coefficient (Wildman–Crippen LogP) is 1.99. The molecule has 96 valence electrons. The fraction of sp³-hybridized carbons (Fsp3) is 0.333. The van der Waals surface area contributed by atoms with E-state index in [0.717, 1.165) is 17.5 Å². The zero-order chi connectivity index (χ0) is 13.0. The number of rotatable bonds is 5. The predicted molar refractivity (Wildman–Crippen MR) is 60.8 cm³/mol. The summed E-state index contributed by atoms with van der Waals surface area (Å²) in [5, 5.41) is 10.5. The van der Waals surface area contributed by atoms with Crippen LogP contribution in [-0.2, 0) is 13.0 Å². The molecule has 0 aliphatic carbocycles. The van der Waals surface area contributed by atoms with Crippen LogP contribution in [0.1, 0.15) is 17.0 Å². The minimum absolute atomic E-state index is 0.521. The molecule has 0 unspecified atom stereocenters. The van der Waals surface area contributed by atoms with Crippen LogP contribution in [0.4, 0.5) is 8.78 Å². The maximum Gasteiger partial charge on any atom is 0.126 e. The summed E-state index contributed by atoms with van der Waals surface area (Å²) in [6, 6.07) is 3.52. The van der Waals surface area contributed by atoms with Gasteiger partial charge >= 0.3 is 0 Å². The Balaban J connectivity index is 1.80. The highest BCUT2D eigenvalue weighted by molar-refractivity contribution is 5.18. The minimum atomic E-state index is -0.554. The molecule has 2 aromatic rings. The summed E-state index contributed by atoms with van der Waals surface area (Å²) in [4.78, 5) is 0. The number of nitrogens with one attached hydrogen (secondary N) is 1. The second-order valence-electron chi connectivity index (χ2n) is 4.00. The van der Waals surface area contributed by atoms with Crippen LogP contribution in [0, 0.1) is 18.6 Å². The molecule has 0 amide bonds. The van der Waals surface area contributed by atoms with Gasteiger partial charge in [-0.3, -0.25) is 0 Å². The van der Waals surface area contributed by atoms with Gasteiger partial charge in [-0.1, -0.05) is 10.3 Å². The van der Waals surface area contributed by atoms with E-state index in [9.17, 15) is 8.78 Å². The van der Waals surface area contributed by atoms with Crippen LogP contribution in [-0.4, -0.2) is 16.9 Å². The molecule has 6 heteroatoms. The second kappa shape index (κ2) is 5.68. The quantitative estimate of drug-likeness (QED) is 0.828. The highest BCUT2D eigenvalue weighted by Gasteiger charge is 2.04. The Hall–Kier alpha value is -1.82. The molecule has 1 heterocycles. The van der Waals surface area contributed by atoms with E-state index in [0.29, 0.717) is 25.1 Å². The van der Waals surface area contributed by atoms with Gasteiger partial charge in [0, 0.05) is 12.6 Å². The first-order valence-electron chi connectivity index (χ1n) is 5.59. The first-order chi connectivity index (χ1) is 8.65. The zero-order valence-electron chi connectivity index (χ0n) is 9.91. The summed E-state index contributed by atoms with van der Waals surface area (Å²) in [6.45, 7) is 2.91. The molecule has 4 nitrogen and oxygen atoms in total. The van der Waals surface area contributed by atoms with Crippen LogP contribution in [0.3, 0.4) is 0 Å². The number of nitrogens with zero attached hydrogens (tertiary/aromatic N) is 2. The van der Waals surface area contributed by atoms with Crippen molar-refractivity contribution in [2.24, 2.45) is 0 Å². The van der Waals surface area contributed by atoms with Gasteiger partial charge in [0.25, 0.3) is 0 Å². The number of halogens is 2. The maximum absolute atomic E-state index is 12.9. The highest BCUT2D eigenvalue weighted by atomic mass is 19.1. The molecule has 0 atom stereocenters. The lowest BCUT2D eigenvalue weighted by Crippen LogP contribution is -2.17. The number of benzene rings is 1. The normalized spacial score (nSPS) is 10.8. The lowest BCUT2D eigenvalue weighted by atomic mass is 10.1. The lowest BCUT2D eigenvalue weighted by molar-refractivity contribution is 0.300. The van der Waals surface area contributed by atoms with Crippen molar-refractivity contribution in [1.29, 1.82) is 0 Å². The second-order valence-corrected chi connectivity index (χ2v) is 4.00. The maximum atomic E-state index is 12.9. The van der Waals surface area contributed by atoms with Gasteiger partial charge < -0.3 is 5.32 Å². The fourth-order valence-corrected chi connectivity index (χ4v) is 1.60. The van der Waals surface area contributed by atoms with Gasteiger partial charge in [0.05, 0.1) is 0 Å². The van der Waals surface area contributed by atoms with Crippen LogP contribution in [0.5, 0.6) is 0 Å². The first kappa shape index (κ1) is 12.6. The molecular weight excluding hydrogens is 240 g/mol. The summed E-state index contributed by atoms with van der Waals surface area (Å²) in [6.07, 6.45) is 0.541. The van der Waals surface area contributed by atoms with E-state index < -0.39 is 11.6 Å². The van der Waals surface area contributed by atoms with Gasteiger partial charge in [0.2, 0.25) is 0 Å². The van der Waals surface area contributed by atoms with E-state index in [-0.39, 0.29) is 0 Å². The van der Waals surface area contributed by atoms with Crippen molar-refractivity contribution in [3.8, 4) is 0 Å². The van der Waals surface area contributed by atoms with Crippen molar-refractivity contribution >= 4 is 0 Å². The molecule has 1 aromatic heterocycles. The van der Waals surface area contributed by atoms with E-state index >= 15 is 0 Å². The third kappa shape index (κ3) is 3.33. The van der Waals surface area contributed by atoms with E-state index in [1.165, 1.54) is 12.1 Å². The van der Waals surface area contributed by atoms with E-state index in [1.807, 2.05) is 0 Å². The monoisotopic (exact) mass is 253 g/mol. The molecule has 0 saturated carbocycles. The standard InChI is InChI=1S/C12H13F2N3O/c1-8-12(17-18-16-8)7-15-3-2-9-4-10(13)6-11(14)5-9/h4-6,15H,2-3,7H2,1H3. The van der Waals surface area contributed by atoms with Gasteiger partial charge in [0.1, 0.15) is 23.0 Å². The third-order valence-electron chi connectivity index (χ3n) is 2.55. The summed E-state index contributed by atoms with van der Waals surface area (Å²) in [7, 11) is 0. The minimum Gasteiger partial charge on any atom is -0.311 e. The molecule has 0 aliphatic heterocycles. The molecule has 18 heavy (non-hydrogen) atoms. The number of hydrogen-bond donors (Lipinski definition) is 1. The van der Waals surface area contributed by atoms with Gasteiger partial charge in [-0.15, -0.1) is 0 Å². The molecule has 2 rings (SSSR count). The number of aryl methyl sites for hydroxylation is 1. The molecule has 1 aromatic carbocycles. The van der Waals surface area contributed by atoms with Gasteiger partial charge in [-0.05, 0) is 37.6 Å². The van der Waals surface area contributed by atoms with Crippen molar-refractivity contribution < 1.29 is 13.4 Å². The summed E-state index contributed by atoms with van der Waals surface area (Å²) >= 11 is 0. The number of aromatic nitrogens is 2. The van der Waals surface area contributed by atoms with Crippen LogP contribution in [0.15, 0.2) is 22.8 Å². The average Bonchev–Trinajstić information content (AvgIpc) is 2.69. The van der Waals surface area contributed by atoms with Crippen LogP contribution in [0.2, 0.25) is 0 Å². The Morgan fingerprint density at radius 1 is 1.17 bits per heavy atom. The van der Waals surface area contributed by atoms with Crippen molar-refractivity contribution in [3.63, 3.8) is 0 Å². The molecule has 0 fully saturated rings. The van der Waals surface area contributed by atoms with Gasteiger partial charge in [-0.25, -0.2) is 13.4 Å². The molecule has 0 saturated heterocycles. The van der Waals surface area contributed by atoms with Gasteiger partial charge in [0.15, 0.2) is 0 Å². The molecule has 0 aliphatic rings. The van der Waals surface area contributed by atoms with Crippen molar-refractivity contribution in [1.82, 2.24) is 15.6 Å². The summed E-state index contributed by atoms with van der Waals surface area (Å²) in [5.74, 6) is -1.11. The molecule has 1 N–H and O–H groups in total. The Morgan fingerprint density at radius 3 is 2.50 bits per heavy atom. The third-order valence-corrected chi connectivity index (χ3v) is 2.55. The SMILES string of the molecule is Cc1nonc1CNCCc1cc(F)cc(F)c1. The Labute approximate surface area is 103 Å². The summed E-state index contributed by atoms with van der Waals surface area (Å²) < 4.78 is 30.4. The molecule has 0 bridgehead atoms. The smallest absolute Gasteiger partial charge is 0.126 e. The van der Waals surface area contributed by atoms with E-state index in [1.54, 1.807) is 6.92 Å². The molecular formula is C12H13F2N3O. The van der Waals surface area contributed by atoms with Crippen molar-refractivity contribution in [2.45, 2.75) is 19.9 Å². The highest BCUT2D eigenvalue weighted by Crippen LogP contribution is 2.08. The lowest BCUT2D eigenvalue weighted by Gasteiger charge is -2.03. The molecule has 0 spiro atoms. The fourth-order valence-electron chi connectivity index (χ4n) is 1.60. The summed E-state index contributed by atoms with van der Waals surface area (Å²) in [5.41, 5.74) is 2.09. The Morgan fingerprint density at radius 2 is 1.89 bits per heavy atom. The van der Waals surface area contributed by atoms with Crippen LogP contribution < -0.4 is 5.32 Å². The zero-order valence-corrected chi connectivity index (χ0v) is 9.91. The van der Waals surface area contributed by atoms with Crippen LogP contribution in [0.25, 0.3) is 0 Å². The van der Waals surface area contributed by atoms with Crippen molar-refractivity contribution in [3.05, 3.63) is 46.8 Å². The van der Waals surface area contributed by atoms with E-state index in [4.69, 9.17) is 0 Å².